The van der Waals surface area contributed by atoms with Gasteiger partial charge in [0.2, 0.25) is 0 Å². The van der Waals surface area contributed by atoms with E-state index in [9.17, 15) is 4.79 Å². The van der Waals surface area contributed by atoms with Gasteiger partial charge in [-0.05, 0) is 32.0 Å². The monoisotopic (exact) mass is 274 g/mol. The lowest BCUT2D eigenvalue weighted by Crippen LogP contribution is -2.08. The van der Waals surface area contributed by atoms with Crippen LogP contribution in [0.1, 0.15) is 24.2 Å². The Kier molecular flexibility index (Phi) is 4.24. The second-order valence-corrected chi connectivity index (χ2v) is 4.24. The topological polar surface area (TPSA) is 82.2 Å². The van der Waals surface area contributed by atoms with Crippen LogP contribution < -0.4 is 11.1 Å². The quantitative estimate of drug-likeness (QED) is 0.646. The number of nitrogens with one attached hydrogen (secondary N) is 1. The highest BCUT2D eigenvalue weighted by Gasteiger charge is 2.13. The molecule has 0 saturated carbocycles. The number of carbonyl (C=O) groups is 1. The Morgan fingerprint density at radius 3 is 2.90 bits per heavy atom. The number of anilines is 3. The number of carbonyl (C=O) groups excluding carboxylic acids is 1. The summed E-state index contributed by atoms with van der Waals surface area (Å²) in [6.07, 6.45) is 3.57. The number of aryl methyl sites for hydroxylation is 1. The zero-order valence-electron chi connectivity index (χ0n) is 11.6. The molecule has 0 aliphatic carbocycles. The Hall–Kier alpha value is -2.50. The number of rotatable bonds is 5. The van der Waals surface area contributed by atoms with Gasteiger partial charge < -0.3 is 15.8 Å². The lowest BCUT2D eigenvalue weighted by atomic mass is 10.1. The van der Waals surface area contributed by atoms with E-state index < -0.39 is 5.97 Å². The second kappa shape index (κ2) is 6.10. The molecule has 2 rings (SSSR count). The number of hydrogen-bond donors (Lipinski definition) is 2. The second-order valence-electron chi connectivity index (χ2n) is 4.24. The van der Waals surface area contributed by atoms with Gasteiger partial charge in [0, 0.05) is 18.4 Å². The van der Waals surface area contributed by atoms with Gasteiger partial charge in [0.15, 0.2) is 0 Å². The fourth-order valence-corrected chi connectivity index (χ4v) is 1.81. The Labute approximate surface area is 117 Å². The van der Waals surface area contributed by atoms with E-state index >= 15 is 0 Å². The van der Waals surface area contributed by atoms with E-state index in [2.05, 4.69) is 10.4 Å². The smallest absolute Gasteiger partial charge is 0.340 e. The number of esters is 1. The molecule has 1 aromatic heterocycles. The maximum Gasteiger partial charge on any atom is 0.340 e. The molecule has 3 N–H and O–H groups in total. The molecule has 0 amide bonds. The number of nitrogens with zero attached hydrogens (tertiary/aromatic N) is 2. The molecule has 2 aromatic rings. The molecule has 0 aliphatic heterocycles. The minimum Gasteiger partial charge on any atom is -0.462 e. The van der Waals surface area contributed by atoms with Crippen LogP contribution in [0.3, 0.4) is 0 Å². The van der Waals surface area contributed by atoms with Crippen LogP contribution in [0, 0.1) is 0 Å². The van der Waals surface area contributed by atoms with Gasteiger partial charge in [-0.2, -0.15) is 5.10 Å². The van der Waals surface area contributed by atoms with Gasteiger partial charge in [-0.15, -0.1) is 0 Å². The first-order chi connectivity index (χ1) is 9.63. The molecule has 0 spiro atoms. The lowest BCUT2D eigenvalue weighted by molar-refractivity contribution is 0.0527. The average molecular weight is 274 g/mol. The molecule has 6 nitrogen and oxygen atoms in total. The van der Waals surface area contributed by atoms with E-state index in [4.69, 9.17) is 10.5 Å². The molecule has 0 bridgehead atoms. The van der Waals surface area contributed by atoms with Gasteiger partial charge in [0.1, 0.15) is 0 Å². The molecule has 0 radical (unpaired) electrons. The first-order valence-electron chi connectivity index (χ1n) is 6.50. The maximum atomic E-state index is 11.9. The summed E-state index contributed by atoms with van der Waals surface area (Å²) in [6, 6.07) is 5.09. The molecular weight excluding hydrogens is 256 g/mol. The maximum absolute atomic E-state index is 11.9. The largest absolute Gasteiger partial charge is 0.462 e. The molecule has 6 heteroatoms. The molecule has 0 atom stereocenters. The SMILES string of the molecule is CCOC(=O)c1cc(N)ccc1Nc1cnn(CC)c1. The third-order valence-electron chi connectivity index (χ3n) is 2.78. The van der Waals surface area contributed by atoms with Crippen molar-refractivity contribution in [2.24, 2.45) is 0 Å². The van der Waals surface area contributed by atoms with Crippen LogP contribution in [0.15, 0.2) is 30.6 Å². The zero-order chi connectivity index (χ0) is 14.5. The summed E-state index contributed by atoms with van der Waals surface area (Å²) in [6.45, 7) is 4.88. The van der Waals surface area contributed by atoms with E-state index in [0.717, 1.165) is 12.2 Å². The van der Waals surface area contributed by atoms with E-state index in [0.29, 0.717) is 23.5 Å². The lowest BCUT2D eigenvalue weighted by Gasteiger charge is -2.10. The molecular formula is C14H18N4O2. The Bertz CT molecular complexity index is 607. The summed E-state index contributed by atoms with van der Waals surface area (Å²) in [4.78, 5) is 11.9. The normalized spacial score (nSPS) is 10.3. The molecule has 0 saturated heterocycles. The fourth-order valence-electron chi connectivity index (χ4n) is 1.81. The van der Waals surface area contributed by atoms with Crippen LogP contribution in [-0.2, 0) is 11.3 Å². The van der Waals surface area contributed by atoms with Gasteiger partial charge in [-0.3, -0.25) is 4.68 Å². The summed E-state index contributed by atoms with van der Waals surface area (Å²) in [5, 5.41) is 7.33. The first-order valence-corrected chi connectivity index (χ1v) is 6.50. The van der Waals surface area contributed by atoms with Crippen molar-refractivity contribution in [3.8, 4) is 0 Å². The van der Waals surface area contributed by atoms with Crippen LogP contribution >= 0.6 is 0 Å². The third-order valence-corrected chi connectivity index (χ3v) is 2.78. The summed E-state index contributed by atoms with van der Waals surface area (Å²) in [5.74, 6) is -0.398. The van der Waals surface area contributed by atoms with Crippen molar-refractivity contribution >= 4 is 23.0 Å². The van der Waals surface area contributed by atoms with Crippen LogP contribution in [0.25, 0.3) is 0 Å². The molecule has 0 unspecified atom stereocenters. The fraction of sp³-hybridized carbons (Fsp3) is 0.286. The highest BCUT2D eigenvalue weighted by molar-refractivity contribution is 5.97. The molecule has 0 aliphatic rings. The Morgan fingerprint density at radius 1 is 1.45 bits per heavy atom. The zero-order valence-corrected chi connectivity index (χ0v) is 11.6. The van der Waals surface area contributed by atoms with Crippen molar-refractivity contribution in [2.75, 3.05) is 17.7 Å². The summed E-state index contributed by atoms with van der Waals surface area (Å²) in [5.41, 5.74) is 8.11. The minimum atomic E-state index is -0.398. The average Bonchev–Trinajstić information content (AvgIpc) is 2.89. The number of hydrogen-bond acceptors (Lipinski definition) is 5. The van der Waals surface area contributed by atoms with Gasteiger partial charge in [-0.1, -0.05) is 0 Å². The predicted octanol–water partition coefficient (Wildman–Crippen LogP) is 2.41. The predicted molar refractivity (Wildman–Crippen MR) is 78.0 cm³/mol. The summed E-state index contributed by atoms with van der Waals surface area (Å²) >= 11 is 0. The van der Waals surface area contributed by atoms with Crippen LogP contribution in [0.5, 0.6) is 0 Å². The highest BCUT2D eigenvalue weighted by Crippen LogP contribution is 2.23. The van der Waals surface area contributed by atoms with Gasteiger partial charge in [-0.25, -0.2) is 4.79 Å². The van der Waals surface area contributed by atoms with Crippen molar-refractivity contribution in [1.29, 1.82) is 0 Å². The highest BCUT2D eigenvalue weighted by atomic mass is 16.5. The van der Waals surface area contributed by atoms with Crippen molar-refractivity contribution in [2.45, 2.75) is 20.4 Å². The number of benzene rings is 1. The molecule has 106 valence electrons. The number of ether oxygens (including phenoxy) is 1. The number of nitrogens with two attached hydrogens (primary N) is 1. The summed E-state index contributed by atoms with van der Waals surface area (Å²) < 4.78 is 6.83. The van der Waals surface area contributed by atoms with E-state index in [-0.39, 0.29) is 0 Å². The Balaban J connectivity index is 2.28. The number of nitrogen functional groups attached to an aromatic ring is 1. The minimum absolute atomic E-state index is 0.320. The standard InChI is InChI=1S/C14H18N4O2/c1-3-18-9-11(8-16-18)17-13-6-5-10(15)7-12(13)14(19)20-4-2/h5-9,17H,3-4,15H2,1-2H3. The van der Waals surface area contributed by atoms with Crippen LogP contribution in [-0.4, -0.2) is 22.4 Å². The van der Waals surface area contributed by atoms with Crippen molar-refractivity contribution in [3.05, 3.63) is 36.2 Å². The molecule has 20 heavy (non-hydrogen) atoms. The van der Waals surface area contributed by atoms with Crippen molar-refractivity contribution in [3.63, 3.8) is 0 Å². The first kappa shape index (κ1) is 13.9. The van der Waals surface area contributed by atoms with E-state index in [1.165, 1.54) is 0 Å². The van der Waals surface area contributed by atoms with Gasteiger partial charge in [0.05, 0.1) is 29.7 Å². The third kappa shape index (κ3) is 3.09. The van der Waals surface area contributed by atoms with Crippen molar-refractivity contribution in [1.82, 2.24) is 9.78 Å². The van der Waals surface area contributed by atoms with Gasteiger partial charge >= 0.3 is 5.97 Å². The molecule has 1 aromatic carbocycles. The summed E-state index contributed by atoms with van der Waals surface area (Å²) in [7, 11) is 0. The van der Waals surface area contributed by atoms with E-state index in [1.54, 1.807) is 36.0 Å². The van der Waals surface area contributed by atoms with Gasteiger partial charge in [0.25, 0.3) is 0 Å². The van der Waals surface area contributed by atoms with Crippen molar-refractivity contribution < 1.29 is 9.53 Å². The number of aromatic nitrogens is 2. The van der Waals surface area contributed by atoms with Crippen LogP contribution in [0.2, 0.25) is 0 Å². The van der Waals surface area contributed by atoms with E-state index in [1.807, 2.05) is 13.1 Å². The van der Waals surface area contributed by atoms with Crippen LogP contribution in [0.4, 0.5) is 17.1 Å². The molecule has 0 fully saturated rings. The molecule has 1 heterocycles. The Morgan fingerprint density at radius 2 is 2.25 bits per heavy atom.